The van der Waals surface area contributed by atoms with Crippen molar-refractivity contribution in [3.8, 4) is 5.75 Å². The van der Waals surface area contributed by atoms with Gasteiger partial charge in [0.25, 0.3) is 0 Å². The first-order valence-corrected chi connectivity index (χ1v) is 7.86. The monoisotopic (exact) mass is 291 g/mol. The number of benzene rings is 1. The topological polar surface area (TPSA) is 49.8 Å². The van der Waals surface area contributed by atoms with Gasteiger partial charge in [-0.1, -0.05) is 19.1 Å². The number of hydrogen-bond donors (Lipinski definition) is 1. The van der Waals surface area contributed by atoms with Gasteiger partial charge in [-0.05, 0) is 43.4 Å². The zero-order valence-electron chi connectivity index (χ0n) is 12.8. The molecular formula is C17H25NO3. The van der Waals surface area contributed by atoms with E-state index in [0.717, 1.165) is 25.1 Å². The van der Waals surface area contributed by atoms with Gasteiger partial charge < -0.3 is 9.84 Å². The van der Waals surface area contributed by atoms with Crippen LogP contribution in [0.3, 0.4) is 0 Å². The molecule has 116 valence electrons. The van der Waals surface area contributed by atoms with Gasteiger partial charge in [-0.25, -0.2) is 0 Å². The van der Waals surface area contributed by atoms with Crippen LogP contribution in [0, 0.1) is 0 Å². The molecule has 21 heavy (non-hydrogen) atoms. The lowest BCUT2D eigenvalue weighted by Gasteiger charge is -2.21. The minimum absolute atomic E-state index is 0.232. The summed E-state index contributed by atoms with van der Waals surface area (Å²) in [5, 5.41) is 8.78. The lowest BCUT2D eigenvalue weighted by molar-refractivity contribution is -0.137. The third-order valence-electron chi connectivity index (χ3n) is 3.87. The molecule has 0 bridgehead atoms. The molecule has 1 saturated carbocycles. The van der Waals surface area contributed by atoms with Crippen molar-refractivity contribution in [3.05, 3.63) is 29.8 Å². The highest BCUT2D eigenvalue weighted by Crippen LogP contribution is 2.27. The SMILES string of the molecule is CCc1ccc(OCCCN(CCC(=O)O)C2CC2)cc1. The van der Waals surface area contributed by atoms with Crippen molar-refractivity contribution in [1.29, 1.82) is 0 Å². The molecule has 4 nitrogen and oxygen atoms in total. The van der Waals surface area contributed by atoms with Crippen LogP contribution in [0.25, 0.3) is 0 Å². The average Bonchev–Trinajstić information content (AvgIpc) is 3.31. The first-order chi connectivity index (χ1) is 10.2. The fourth-order valence-corrected chi connectivity index (χ4v) is 2.43. The van der Waals surface area contributed by atoms with Crippen LogP contribution in [-0.2, 0) is 11.2 Å². The van der Waals surface area contributed by atoms with Gasteiger partial charge in [0.15, 0.2) is 0 Å². The summed E-state index contributed by atoms with van der Waals surface area (Å²) in [6, 6.07) is 8.83. The Hall–Kier alpha value is -1.55. The largest absolute Gasteiger partial charge is 0.494 e. The lowest BCUT2D eigenvalue weighted by Crippen LogP contribution is -2.30. The average molecular weight is 291 g/mol. The van der Waals surface area contributed by atoms with Crippen LogP contribution in [0.2, 0.25) is 0 Å². The van der Waals surface area contributed by atoms with Crippen molar-refractivity contribution in [2.45, 2.75) is 45.1 Å². The molecule has 0 aromatic heterocycles. The van der Waals surface area contributed by atoms with Crippen LogP contribution in [0.15, 0.2) is 24.3 Å². The molecule has 0 spiro atoms. The maximum absolute atomic E-state index is 10.7. The highest BCUT2D eigenvalue weighted by Gasteiger charge is 2.28. The summed E-state index contributed by atoms with van der Waals surface area (Å²) in [4.78, 5) is 13.0. The normalized spacial score (nSPS) is 14.4. The molecule has 1 N–H and O–H groups in total. The number of rotatable bonds is 10. The van der Waals surface area contributed by atoms with Crippen LogP contribution >= 0.6 is 0 Å². The molecule has 0 unspecified atom stereocenters. The Kier molecular flexibility index (Phi) is 6.05. The van der Waals surface area contributed by atoms with E-state index in [0.29, 0.717) is 19.2 Å². The van der Waals surface area contributed by atoms with Gasteiger partial charge in [-0.3, -0.25) is 9.69 Å². The van der Waals surface area contributed by atoms with Gasteiger partial charge in [0.2, 0.25) is 0 Å². The minimum Gasteiger partial charge on any atom is -0.494 e. The number of aliphatic carboxylic acids is 1. The van der Waals surface area contributed by atoms with E-state index in [2.05, 4.69) is 24.0 Å². The van der Waals surface area contributed by atoms with Crippen molar-refractivity contribution in [1.82, 2.24) is 4.90 Å². The molecule has 1 aromatic carbocycles. The fraction of sp³-hybridized carbons (Fsp3) is 0.588. The van der Waals surface area contributed by atoms with Crippen LogP contribution < -0.4 is 4.74 Å². The number of carbonyl (C=O) groups is 1. The van der Waals surface area contributed by atoms with Crippen LogP contribution in [-0.4, -0.2) is 41.7 Å². The highest BCUT2D eigenvalue weighted by molar-refractivity contribution is 5.66. The smallest absolute Gasteiger partial charge is 0.304 e. The Morgan fingerprint density at radius 2 is 2.00 bits per heavy atom. The fourth-order valence-electron chi connectivity index (χ4n) is 2.43. The predicted molar refractivity (Wildman–Crippen MR) is 82.8 cm³/mol. The molecule has 0 amide bonds. The van der Waals surface area contributed by atoms with Crippen LogP contribution in [0.4, 0.5) is 0 Å². The second kappa shape index (κ2) is 8.03. The zero-order chi connectivity index (χ0) is 15.1. The van der Waals surface area contributed by atoms with Gasteiger partial charge >= 0.3 is 5.97 Å². The van der Waals surface area contributed by atoms with Crippen molar-refractivity contribution in [2.24, 2.45) is 0 Å². The van der Waals surface area contributed by atoms with E-state index in [1.165, 1.54) is 18.4 Å². The van der Waals surface area contributed by atoms with E-state index in [9.17, 15) is 4.79 Å². The molecule has 1 aromatic rings. The van der Waals surface area contributed by atoms with E-state index in [1.807, 2.05) is 12.1 Å². The van der Waals surface area contributed by atoms with Crippen molar-refractivity contribution in [3.63, 3.8) is 0 Å². The summed E-state index contributed by atoms with van der Waals surface area (Å²) in [6.07, 6.45) is 4.62. The summed E-state index contributed by atoms with van der Waals surface area (Å²) in [5.74, 6) is 0.198. The van der Waals surface area contributed by atoms with Crippen molar-refractivity contribution >= 4 is 5.97 Å². The maximum Gasteiger partial charge on any atom is 0.304 e. The molecule has 1 fully saturated rings. The van der Waals surface area contributed by atoms with Crippen LogP contribution in [0.1, 0.15) is 38.2 Å². The second-order valence-electron chi connectivity index (χ2n) is 5.61. The molecule has 2 rings (SSSR count). The second-order valence-corrected chi connectivity index (χ2v) is 5.61. The molecular weight excluding hydrogens is 266 g/mol. The number of carboxylic acids is 1. The predicted octanol–water partition coefficient (Wildman–Crippen LogP) is 2.96. The molecule has 0 radical (unpaired) electrons. The number of aryl methyl sites for hydroxylation is 1. The van der Waals surface area contributed by atoms with E-state index in [-0.39, 0.29) is 6.42 Å². The van der Waals surface area contributed by atoms with Gasteiger partial charge in [-0.15, -0.1) is 0 Å². The zero-order valence-corrected chi connectivity index (χ0v) is 12.8. The molecule has 4 heteroatoms. The Morgan fingerprint density at radius 1 is 1.29 bits per heavy atom. The third kappa shape index (κ3) is 5.76. The Labute approximate surface area is 126 Å². The maximum atomic E-state index is 10.7. The van der Waals surface area contributed by atoms with Crippen LogP contribution in [0.5, 0.6) is 5.75 Å². The van der Waals surface area contributed by atoms with E-state index in [1.54, 1.807) is 0 Å². The Bertz CT molecular complexity index is 440. The Balaban J connectivity index is 1.65. The number of hydrogen-bond acceptors (Lipinski definition) is 3. The Morgan fingerprint density at radius 3 is 2.57 bits per heavy atom. The first kappa shape index (κ1) is 15.8. The van der Waals surface area contributed by atoms with Gasteiger partial charge in [0.05, 0.1) is 13.0 Å². The summed E-state index contributed by atoms with van der Waals surface area (Å²) in [5.41, 5.74) is 1.32. The highest BCUT2D eigenvalue weighted by atomic mass is 16.5. The van der Waals surface area contributed by atoms with Crippen molar-refractivity contribution < 1.29 is 14.6 Å². The third-order valence-corrected chi connectivity index (χ3v) is 3.87. The summed E-state index contributed by atoms with van der Waals surface area (Å²) < 4.78 is 5.74. The standard InChI is InChI=1S/C17H25NO3/c1-2-14-4-8-16(9-5-14)21-13-3-11-18(15-6-7-15)12-10-17(19)20/h4-5,8-9,15H,2-3,6-7,10-13H2,1H3,(H,19,20). The molecule has 0 heterocycles. The summed E-state index contributed by atoms with van der Waals surface area (Å²) in [7, 11) is 0. The lowest BCUT2D eigenvalue weighted by atomic mass is 10.2. The summed E-state index contributed by atoms with van der Waals surface area (Å²) in [6.45, 7) is 4.40. The molecule has 0 atom stereocenters. The van der Waals surface area contributed by atoms with Gasteiger partial charge in [-0.2, -0.15) is 0 Å². The van der Waals surface area contributed by atoms with Gasteiger partial charge in [0, 0.05) is 19.1 Å². The number of nitrogens with zero attached hydrogens (tertiary/aromatic N) is 1. The minimum atomic E-state index is -0.715. The summed E-state index contributed by atoms with van der Waals surface area (Å²) >= 11 is 0. The van der Waals surface area contributed by atoms with E-state index >= 15 is 0 Å². The quantitative estimate of drug-likeness (QED) is 0.673. The van der Waals surface area contributed by atoms with E-state index < -0.39 is 5.97 Å². The van der Waals surface area contributed by atoms with Crippen molar-refractivity contribution in [2.75, 3.05) is 19.7 Å². The molecule has 1 aliphatic carbocycles. The molecule has 1 aliphatic rings. The molecule has 0 aliphatic heterocycles. The number of ether oxygens (including phenoxy) is 1. The van der Waals surface area contributed by atoms with Gasteiger partial charge in [0.1, 0.15) is 5.75 Å². The number of carboxylic acid groups (broad SMARTS) is 1. The molecule has 0 saturated heterocycles. The van der Waals surface area contributed by atoms with E-state index in [4.69, 9.17) is 9.84 Å². The first-order valence-electron chi connectivity index (χ1n) is 7.86.